The highest BCUT2D eigenvalue weighted by molar-refractivity contribution is 7.99. The lowest BCUT2D eigenvalue weighted by molar-refractivity contribution is -0.118. The first-order valence-corrected chi connectivity index (χ1v) is 8.45. The van der Waals surface area contributed by atoms with Gasteiger partial charge in [-0.15, -0.1) is 0 Å². The Morgan fingerprint density at radius 3 is 2.32 bits per heavy atom. The zero-order chi connectivity index (χ0) is 18.4. The van der Waals surface area contributed by atoms with Crippen LogP contribution in [0.15, 0.2) is 52.0 Å². The maximum Gasteiger partial charge on any atom is 0.288 e. The summed E-state index contributed by atoms with van der Waals surface area (Å²) in [6.45, 7) is 3.60. The molecule has 8 heteroatoms. The maximum absolute atomic E-state index is 12.4. The topological polar surface area (TPSA) is 71.3 Å². The molecule has 1 atom stereocenters. The molecule has 2 N–H and O–H groups in total. The van der Waals surface area contributed by atoms with Gasteiger partial charge in [0.25, 0.3) is 11.7 Å². The predicted molar refractivity (Wildman–Crippen MR) is 91.7 cm³/mol. The van der Waals surface area contributed by atoms with Crippen LogP contribution in [0.1, 0.15) is 24.4 Å². The van der Waals surface area contributed by atoms with Crippen molar-refractivity contribution in [2.75, 3.05) is 5.32 Å². The van der Waals surface area contributed by atoms with Gasteiger partial charge in [0.1, 0.15) is 6.04 Å². The first-order chi connectivity index (χ1) is 11.9. The Labute approximate surface area is 148 Å². The van der Waals surface area contributed by atoms with Gasteiger partial charge in [0, 0.05) is 10.6 Å². The minimum absolute atomic E-state index is 0.117. The van der Waals surface area contributed by atoms with E-state index in [0.29, 0.717) is 22.3 Å². The normalized spacial score (nSPS) is 12.2. The van der Waals surface area contributed by atoms with Crippen molar-refractivity contribution in [1.29, 1.82) is 0 Å². The molecule has 2 amide bonds. The number of alkyl halides is 2. The van der Waals surface area contributed by atoms with E-state index in [2.05, 4.69) is 10.6 Å². The molecule has 0 aliphatic carbocycles. The first kappa shape index (κ1) is 19.0. The van der Waals surface area contributed by atoms with Crippen LogP contribution in [0.4, 0.5) is 14.5 Å². The molecule has 0 aliphatic heterocycles. The van der Waals surface area contributed by atoms with Crippen molar-refractivity contribution >= 4 is 29.3 Å². The molecule has 2 aromatic rings. The van der Waals surface area contributed by atoms with Crippen molar-refractivity contribution < 1.29 is 22.8 Å². The molecule has 0 fully saturated rings. The second-order valence-electron chi connectivity index (χ2n) is 5.56. The van der Waals surface area contributed by atoms with E-state index in [1.165, 1.54) is 36.6 Å². The van der Waals surface area contributed by atoms with Crippen LogP contribution < -0.4 is 10.6 Å². The molecule has 0 saturated carbocycles. The number of furan rings is 1. The number of carbonyl (C=O) groups excluding carboxylic acids is 2. The summed E-state index contributed by atoms with van der Waals surface area (Å²) in [5.74, 6) is -3.42. The van der Waals surface area contributed by atoms with Gasteiger partial charge >= 0.3 is 0 Å². The Morgan fingerprint density at radius 1 is 1.12 bits per heavy atom. The van der Waals surface area contributed by atoms with Crippen LogP contribution in [0.3, 0.4) is 0 Å². The molecule has 25 heavy (non-hydrogen) atoms. The van der Waals surface area contributed by atoms with Gasteiger partial charge < -0.3 is 15.1 Å². The van der Waals surface area contributed by atoms with Crippen molar-refractivity contribution in [3.63, 3.8) is 0 Å². The zero-order valence-corrected chi connectivity index (χ0v) is 14.5. The third-order valence-corrected chi connectivity index (χ3v) is 4.05. The molecule has 0 bridgehead atoms. The van der Waals surface area contributed by atoms with Crippen molar-refractivity contribution in [2.45, 2.75) is 30.5 Å². The Hall–Kier alpha value is -2.35. The molecule has 5 nitrogen and oxygen atoms in total. The smallest absolute Gasteiger partial charge is 0.288 e. The minimum Gasteiger partial charge on any atom is -0.459 e. The van der Waals surface area contributed by atoms with Gasteiger partial charge in [0.2, 0.25) is 5.91 Å². The summed E-state index contributed by atoms with van der Waals surface area (Å²) >= 11 is 0.431. The van der Waals surface area contributed by atoms with Crippen LogP contribution in [-0.4, -0.2) is 23.6 Å². The summed E-state index contributed by atoms with van der Waals surface area (Å²) in [6.07, 6.45) is 1.37. The fourth-order valence-electron chi connectivity index (χ4n) is 2.09. The monoisotopic (exact) mass is 368 g/mol. The van der Waals surface area contributed by atoms with Crippen LogP contribution in [-0.2, 0) is 4.79 Å². The van der Waals surface area contributed by atoms with Gasteiger partial charge in [-0.2, -0.15) is 8.78 Å². The van der Waals surface area contributed by atoms with E-state index in [-0.39, 0.29) is 11.7 Å². The van der Waals surface area contributed by atoms with Crippen molar-refractivity contribution in [3.8, 4) is 0 Å². The van der Waals surface area contributed by atoms with Gasteiger partial charge in [0.15, 0.2) is 5.76 Å². The van der Waals surface area contributed by atoms with E-state index >= 15 is 0 Å². The highest BCUT2D eigenvalue weighted by atomic mass is 32.2. The lowest BCUT2D eigenvalue weighted by Crippen LogP contribution is -2.47. The Balaban J connectivity index is 2.01. The van der Waals surface area contributed by atoms with Gasteiger partial charge in [-0.3, -0.25) is 9.59 Å². The highest BCUT2D eigenvalue weighted by Crippen LogP contribution is 2.26. The second-order valence-corrected chi connectivity index (χ2v) is 6.63. The number of rotatable bonds is 7. The third-order valence-electron chi connectivity index (χ3n) is 3.33. The molecule has 0 spiro atoms. The van der Waals surface area contributed by atoms with Crippen LogP contribution >= 0.6 is 11.8 Å². The van der Waals surface area contributed by atoms with Crippen LogP contribution in [0.25, 0.3) is 0 Å². The van der Waals surface area contributed by atoms with Crippen molar-refractivity contribution in [3.05, 3.63) is 48.4 Å². The van der Waals surface area contributed by atoms with Crippen LogP contribution in [0, 0.1) is 5.92 Å². The molecule has 0 saturated heterocycles. The zero-order valence-electron chi connectivity index (χ0n) is 13.7. The van der Waals surface area contributed by atoms with Crippen molar-refractivity contribution in [2.24, 2.45) is 5.92 Å². The third kappa shape index (κ3) is 5.60. The van der Waals surface area contributed by atoms with Crippen molar-refractivity contribution in [1.82, 2.24) is 5.32 Å². The number of benzene rings is 1. The molecular weight excluding hydrogens is 350 g/mol. The summed E-state index contributed by atoms with van der Waals surface area (Å²) in [4.78, 5) is 24.9. The fourth-order valence-corrected chi connectivity index (χ4v) is 2.59. The number of amides is 2. The Kier molecular flexibility index (Phi) is 6.58. The molecule has 1 aromatic heterocycles. The summed E-state index contributed by atoms with van der Waals surface area (Å²) in [7, 11) is 0. The largest absolute Gasteiger partial charge is 0.459 e. The summed E-state index contributed by atoms with van der Waals surface area (Å²) in [6, 6.07) is 8.38. The molecular formula is C17H18F2N2O3S. The second kappa shape index (κ2) is 8.66. The van der Waals surface area contributed by atoms with Gasteiger partial charge in [-0.1, -0.05) is 25.6 Å². The quantitative estimate of drug-likeness (QED) is 0.725. The number of hydrogen-bond acceptors (Lipinski definition) is 4. The fraction of sp³-hybridized carbons (Fsp3) is 0.294. The molecule has 134 valence electrons. The Morgan fingerprint density at radius 2 is 1.80 bits per heavy atom. The number of nitrogens with one attached hydrogen (secondary N) is 2. The average molecular weight is 368 g/mol. The molecule has 1 heterocycles. The standard InChI is InChI=1S/C17H18F2N2O3S/c1-10(2)14(21-15(22)13-4-3-9-24-13)16(23)20-11-5-7-12(8-6-11)25-17(18)19/h3-10,14,17H,1-2H3,(H,20,23)(H,21,22)/t14-/m1/s1. The van der Waals surface area contributed by atoms with E-state index in [1.807, 2.05) is 0 Å². The molecule has 0 aliphatic rings. The highest BCUT2D eigenvalue weighted by Gasteiger charge is 2.25. The van der Waals surface area contributed by atoms with E-state index in [0.717, 1.165) is 0 Å². The van der Waals surface area contributed by atoms with E-state index in [9.17, 15) is 18.4 Å². The number of halogens is 2. The predicted octanol–water partition coefficient (Wildman–Crippen LogP) is 3.99. The van der Waals surface area contributed by atoms with Gasteiger partial charge in [-0.25, -0.2) is 0 Å². The lowest BCUT2D eigenvalue weighted by Gasteiger charge is -2.21. The first-order valence-electron chi connectivity index (χ1n) is 7.57. The number of hydrogen-bond donors (Lipinski definition) is 2. The molecule has 0 radical (unpaired) electrons. The number of anilines is 1. The SMILES string of the molecule is CC(C)[C@@H](NC(=O)c1ccco1)C(=O)Nc1ccc(SC(F)F)cc1. The number of carbonyl (C=O) groups is 2. The summed E-state index contributed by atoms with van der Waals surface area (Å²) in [5, 5.41) is 5.30. The Bertz CT molecular complexity index is 703. The van der Waals surface area contributed by atoms with Gasteiger partial charge in [-0.05, 0) is 42.3 Å². The van der Waals surface area contributed by atoms with Crippen LogP contribution in [0.5, 0.6) is 0 Å². The molecule has 1 aromatic carbocycles. The van der Waals surface area contributed by atoms with E-state index in [1.54, 1.807) is 19.9 Å². The molecule has 2 rings (SSSR count). The van der Waals surface area contributed by atoms with Crippen LogP contribution in [0.2, 0.25) is 0 Å². The van der Waals surface area contributed by atoms with E-state index < -0.39 is 23.6 Å². The number of thioether (sulfide) groups is 1. The summed E-state index contributed by atoms with van der Waals surface area (Å²) < 4.78 is 29.6. The lowest BCUT2D eigenvalue weighted by atomic mass is 10.0. The summed E-state index contributed by atoms with van der Waals surface area (Å²) in [5.41, 5.74) is 0.460. The van der Waals surface area contributed by atoms with E-state index in [4.69, 9.17) is 4.42 Å². The minimum atomic E-state index is -2.50. The average Bonchev–Trinajstić information content (AvgIpc) is 3.08. The van der Waals surface area contributed by atoms with Gasteiger partial charge in [0.05, 0.1) is 6.26 Å². The maximum atomic E-state index is 12.4. The molecule has 0 unspecified atom stereocenters.